The molecule has 1 aromatic carbocycles. The zero-order valence-corrected chi connectivity index (χ0v) is 11.3. The van der Waals surface area contributed by atoms with Crippen molar-refractivity contribution >= 4 is 18.1 Å². The van der Waals surface area contributed by atoms with Crippen molar-refractivity contribution < 1.29 is 19.1 Å². The van der Waals surface area contributed by atoms with E-state index < -0.39 is 18.0 Å². The Kier molecular flexibility index (Phi) is 5.71. The lowest BCUT2D eigenvalue weighted by atomic mass is 10.1. The number of halogens is 1. The van der Waals surface area contributed by atoms with E-state index >= 15 is 0 Å². The van der Waals surface area contributed by atoms with Crippen LogP contribution < -0.4 is 10.6 Å². The fourth-order valence-electron chi connectivity index (χ4n) is 1.52. The third-order valence-electron chi connectivity index (χ3n) is 2.56. The molecule has 5 nitrogen and oxygen atoms in total. The average Bonchev–Trinajstić information content (AvgIpc) is 2.35. The van der Waals surface area contributed by atoms with E-state index in [0.29, 0.717) is 5.56 Å². The van der Waals surface area contributed by atoms with Crippen LogP contribution in [-0.2, 0) is 4.79 Å². The average molecular weight is 280 g/mol. The van der Waals surface area contributed by atoms with Gasteiger partial charge in [-0.2, -0.15) is 0 Å². The van der Waals surface area contributed by atoms with Gasteiger partial charge in [-0.15, -0.1) is 0 Å². The number of hydrogen-bond acceptors (Lipinski definition) is 2. The number of carboxylic acid groups (broad SMARTS) is 1. The Balaban J connectivity index is 2.53. The highest BCUT2D eigenvalue weighted by molar-refractivity contribution is 5.83. The molecule has 3 N–H and O–H groups in total. The molecular formula is C14H17FN2O3. The van der Waals surface area contributed by atoms with Gasteiger partial charge in [-0.25, -0.2) is 14.0 Å². The Morgan fingerprint density at radius 1 is 1.35 bits per heavy atom. The minimum absolute atomic E-state index is 0.231. The molecule has 0 heterocycles. The number of urea groups is 1. The van der Waals surface area contributed by atoms with Crippen LogP contribution in [0.15, 0.2) is 30.5 Å². The zero-order chi connectivity index (χ0) is 15.1. The Morgan fingerprint density at radius 2 is 2.05 bits per heavy atom. The summed E-state index contributed by atoms with van der Waals surface area (Å²) in [6, 6.07) is 4.26. The standard InChI is InChI=1S/C14H17FN2O3/c1-9(2)12(13(18)19)17-14(20)16-7-6-10-4-3-5-11(15)8-10/h3-9,12H,1-2H3,(H,18,19)(H2,16,17,20)/b7-6+. The molecule has 0 spiro atoms. The number of benzene rings is 1. The van der Waals surface area contributed by atoms with Crippen molar-refractivity contribution in [2.75, 3.05) is 0 Å². The minimum Gasteiger partial charge on any atom is -0.480 e. The molecule has 2 amide bonds. The first-order valence-electron chi connectivity index (χ1n) is 6.12. The third kappa shape index (κ3) is 5.09. The van der Waals surface area contributed by atoms with Crippen LogP contribution in [0, 0.1) is 11.7 Å². The topological polar surface area (TPSA) is 78.4 Å². The summed E-state index contributed by atoms with van der Waals surface area (Å²) in [6.07, 6.45) is 2.83. The molecular weight excluding hydrogens is 263 g/mol. The quantitative estimate of drug-likeness (QED) is 0.773. The van der Waals surface area contributed by atoms with E-state index in [1.165, 1.54) is 24.4 Å². The van der Waals surface area contributed by atoms with E-state index in [0.717, 1.165) is 0 Å². The molecule has 20 heavy (non-hydrogen) atoms. The molecule has 1 atom stereocenters. The van der Waals surface area contributed by atoms with Gasteiger partial charge in [0.15, 0.2) is 0 Å². The highest BCUT2D eigenvalue weighted by atomic mass is 19.1. The monoisotopic (exact) mass is 280 g/mol. The molecule has 6 heteroatoms. The Hall–Kier alpha value is -2.37. The van der Waals surface area contributed by atoms with Crippen molar-refractivity contribution in [1.29, 1.82) is 0 Å². The maximum absolute atomic E-state index is 12.9. The second-order valence-corrected chi connectivity index (χ2v) is 4.57. The van der Waals surface area contributed by atoms with Crippen molar-refractivity contribution in [3.05, 3.63) is 41.8 Å². The van der Waals surface area contributed by atoms with Gasteiger partial charge in [0.1, 0.15) is 11.9 Å². The van der Waals surface area contributed by atoms with Gasteiger partial charge in [0, 0.05) is 6.20 Å². The van der Waals surface area contributed by atoms with Gasteiger partial charge in [0.25, 0.3) is 0 Å². The lowest BCUT2D eigenvalue weighted by Gasteiger charge is -2.17. The molecule has 0 aliphatic heterocycles. The van der Waals surface area contributed by atoms with Crippen molar-refractivity contribution in [2.45, 2.75) is 19.9 Å². The normalized spacial score (nSPS) is 12.4. The molecule has 1 unspecified atom stereocenters. The fourth-order valence-corrected chi connectivity index (χ4v) is 1.52. The number of nitrogens with one attached hydrogen (secondary N) is 2. The molecule has 1 aromatic rings. The van der Waals surface area contributed by atoms with Crippen molar-refractivity contribution in [3.63, 3.8) is 0 Å². The number of hydrogen-bond donors (Lipinski definition) is 3. The summed E-state index contributed by atoms with van der Waals surface area (Å²) < 4.78 is 12.9. The van der Waals surface area contributed by atoms with Crippen LogP contribution in [0.25, 0.3) is 6.08 Å². The van der Waals surface area contributed by atoms with Gasteiger partial charge in [-0.05, 0) is 29.7 Å². The van der Waals surface area contributed by atoms with E-state index in [9.17, 15) is 14.0 Å². The van der Waals surface area contributed by atoms with Gasteiger partial charge in [0.2, 0.25) is 0 Å². The largest absolute Gasteiger partial charge is 0.480 e. The first-order chi connectivity index (χ1) is 9.40. The molecule has 0 aliphatic carbocycles. The predicted octanol–water partition coefficient (Wildman–Crippen LogP) is 2.20. The summed E-state index contributed by atoms with van der Waals surface area (Å²) in [7, 11) is 0. The highest BCUT2D eigenvalue weighted by Gasteiger charge is 2.22. The molecule has 108 valence electrons. The molecule has 0 fully saturated rings. The first-order valence-corrected chi connectivity index (χ1v) is 6.12. The second kappa shape index (κ2) is 7.28. The maximum atomic E-state index is 12.9. The molecule has 0 saturated carbocycles. The summed E-state index contributed by atoms with van der Waals surface area (Å²) in [6.45, 7) is 3.39. The van der Waals surface area contributed by atoms with E-state index in [1.54, 1.807) is 26.0 Å². The van der Waals surface area contributed by atoms with E-state index in [-0.39, 0.29) is 11.7 Å². The SMILES string of the molecule is CC(C)C(NC(=O)N/C=C/c1cccc(F)c1)C(=O)O. The smallest absolute Gasteiger partial charge is 0.326 e. The van der Waals surface area contributed by atoms with Gasteiger partial charge < -0.3 is 15.7 Å². The summed E-state index contributed by atoms with van der Waals surface area (Å²) in [5.74, 6) is -1.70. The lowest BCUT2D eigenvalue weighted by molar-refractivity contribution is -0.140. The van der Waals surface area contributed by atoms with Gasteiger partial charge in [-0.3, -0.25) is 0 Å². The number of amides is 2. The number of rotatable bonds is 5. The molecule has 0 aromatic heterocycles. The van der Waals surface area contributed by atoms with E-state index in [1.807, 2.05) is 0 Å². The number of carboxylic acids is 1. The molecule has 0 aliphatic rings. The summed E-state index contributed by atoms with van der Waals surface area (Å²) in [5.41, 5.74) is 0.587. The van der Waals surface area contributed by atoms with Crippen LogP contribution in [-0.4, -0.2) is 23.1 Å². The first kappa shape index (κ1) is 15.7. The Morgan fingerprint density at radius 3 is 2.60 bits per heavy atom. The minimum atomic E-state index is -1.09. The maximum Gasteiger partial charge on any atom is 0.326 e. The molecule has 0 radical (unpaired) electrons. The Bertz CT molecular complexity index is 515. The second-order valence-electron chi connectivity index (χ2n) is 4.57. The van der Waals surface area contributed by atoms with E-state index in [4.69, 9.17) is 5.11 Å². The van der Waals surface area contributed by atoms with Gasteiger partial charge >= 0.3 is 12.0 Å². The van der Waals surface area contributed by atoms with Crippen LogP contribution in [0.2, 0.25) is 0 Å². The summed E-state index contributed by atoms with van der Waals surface area (Å²) >= 11 is 0. The van der Waals surface area contributed by atoms with Crippen molar-refractivity contribution in [1.82, 2.24) is 10.6 Å². The zero-order valence-electron chi connectivity index (χ0n) is 11.3. The summed E-state index contributed by atoms with van der Waals surface area (Å²) in [5, 5.41) is 13.6. The summed E-state index contributed by atoms with van der Waals surface area (Å²) in [4.78, 5) is 22.4. The van der Waals surface area contributed by atoms with E-state index in [2.05, 4.69) is 10.6 Å². The predicted molar refractivity (Wildman–Crippen MR) is 73.4 cm³/mol. The fraction of sp³-hybridized carbons (Fsp3) is 0.286. The Labute approximate surface area is 116 Å². The van der Waals surface area contributed by atoms with Crippen LogP contribution in [0.1, 0.15) is 19.4 Å². The van der Waals surface area contributed by atoms with Crippen molar-refractivity contribution in [3.8, 4) is 0 Å². The lowest BCUT2D eigenvalue weighted by Crippen LogP contribution is -2.47. The molecule has 1 rings (SSSR count). The highest BCUT2D eigenvalue weighted by Crippen LogP contribution is 2.05. The van der Waals surface area contributed by atoms with Crippen LogP contribution >= 0.6 is 0 Å². The number of carbonyl (C=O) groups is 2. The van der Waals surface area contributed by atoms with Crippen LogP contribution in [0.3, 0.4) is 0 Å². The van der Waals surface area contributed by atoms with Crippen LogP contribution in [0.4, 0.5) is 9.18 Å². The van der Waals surface area contributed by atoms with Crippen molar-refractivity contribution in [2.24, 2.45) is 5.92 Å². The number of carbonyl (C=O) groups excluding carboxylic acids is 1. The van der Waals surface area contributed by atoms with Gasteiger partial charge in [-0.1, -0.05) is 26.0 Å². The van der Waals surface area contributed by atoms with Gasteiger partial charge in [0.05, 0.1) is 0 Å². The molecule has 0 bridgehead atoms. The van der Waals surface area contributed by atoms with Crippen LogP contribution in [0.5, 0.6) is 0 Å². The number of aliphatic carboxylic acids is 1. The third-order valence-corrected chi connectivity index (χ3v) is 2.56. The molecule has 0 saturated heterocycles.